The molecule has 5 heteroatoms. The van der Waals surface area contributed by atoms with E-state index in [0.717, 1.165) is 24.2 Å². The number of benzene rings is 2. The van der Waals surface area contributed by atoms with Crippen molar-refractivity contribution < 1.29 is 19.1 Å². The predicted molar refractivity (Wildman–Crippen MR) is 106 cm³/mol. The third-order valence-corrected chi connectivity index (χ3v) is 4.03. The molecule has 1 amide bonds. The SMILES string of the molecule is CCCCOC(=O)c1ccc(NC(=O)CCCOc2ccccc2C)cc1. The van der Waals surface area contributed by atoms with Crippen LogP contribution in [0.3, 0.4) is 0 Å². The first-order chi connectivity index (χ1) is 13.1. The summed E-state index contributed by atoms with van der Waals surface area (Å²) < 4.78 is 10.8. The lowest BCUT2D eigenvalue weighted by molar-refractivity contribution is -0.116. The number of carbonyl (C=O) groups is 2. The van der Waals surface area contributed by atoms with E-state index in [2.05, 4.69) is 5.32 Å². The minimum Gasteiger partial charge on any atom is -0.493 e. The first-order valence-corrected chi connectivity index (χ1v) is 9.35. The van der Waals surface area contributed by atoms with Gasteiger partial charge in [0.2, 0.25) is 5.91 Å². The van der Waals surface area contributed by atoms with E-state index in [1.807, 2.05) is 38.1 Å². The van der Waals surface area contributed by atoms with Crippen LogP contribution in [-0.2, 0) is 9.53 Å². The van der Waals surface area contributed by atoms with Crippen LogP contribution in [0.25, 0.3) is 0 Å². The van der Waals surface area contributed by atoms with Crippen LogP contribution in [0.4, 0.5) is 5.69 Å². The minimum atomic E-state index is -0.338. The zero-order chi connectivity index (χ0) is 19.5. The van der Waals surface area contributed by atoms with Gasteiger partial charge in [-0.1, -0.05) is 31.5 Å². The summed E-state index contributed by atoms with van der Waals surface area (Å²) in [6, 6.07) is 14.5. The highest BCUT2D eigenvalue weighted by Gasteiger charge is 2.08. The van der Waals surface area contributed by atoms with Gasteiger partial charge in [-0.25, -0.2) is 4.79 Å². The molecule has 27 heavy (non-hydrogen) atoms. The Bertz CT molecular complexity index is 740. The lowest BCUT2D eigenvalue weighted by atomic mass is 10.2. The standard InChI is InChI=1S/C22H27NO4/c1-3-4-15-27-22(25)18-11-13-19(14-12-18)23-21(24)10-7-16-26-20-9-6-5-8-17(20)2/h5-6,8-9,11-14H,3-4,7,10,15-16H2,1-2H3,(H,23,24). The number of rotatable bonds is 10. The second-order valence-corrected chi connectivity index (χ2v) is 6.33. The molecule has 0 saturated carbocycles. The first kappa shape index (κ1) is 20.5. The van der Waals surface area contributed by atoms with Crippen molar-refractivity contribution >= 4 is 17.6 Å². The van der Waals surface area contributed by atoms with Crippen LogP contribution in [0.15, 0.2) is 48.5 Å². The molecule has 2 aromatic rings. The molecule has 2 aromatic carbocycles. The second-order valence-electron chi connectivity index (χ2n) is 6.33. The molecule has 0 aromatic heterocycles. The van der Waals surface area contributed by atoms with E-state index in [4.69, 9.17) is 9.47 Å². The summed E-state index contributed by atoms with van der Waals surface area (Å²) in [5, 5.41) is 2.82. The highest BCUT2D eigenvalue weighted by Crippen LogP contribution is 2.16. The number of aryl methyl sites for hydroxylation is 1. The van der Waals surface area contributed by atoms with Crippen molar-refractivity contribution in [3.05, 3.63) is 59.7 Å². The molecule has 0 unspecified atom stereocenters. The van der Waals surface area contributed by atoms with Gasteiger partial charge < -0.3 is 14.8 Å². The van der Waals surface area contributed by atoms with E-state index in [-0.39, 0.29) is 11.9 Å². The lowest BCUT2D eigenvalue weighted by Gasteiger charge is -2.09. The monoisotopic (exact) mass is 369 g/mol. The smallest absolute Gasteiger partial charge is 0.338 e. The van der Waals surface area contributed by atoms with Crippen LogP contribution < -0.4 is 10.1 Å². The van der Waals surface area contributed by atoms with Crippen LogP contribution in [0.5, 0.6) is 5.75 Å². The molecule has 0 saturated heterocycles. The van der Waals surface area contributed by atoms with Crippen molar-refractivity contribution in [1.82, 2.24) is 0 Å². The third kappa shape index (κ3) is 7.13. The molecule has 0 aliphatic rings. The normalized spacial score (nSPS) is 10.3. The summed E-state index contributed by atoms with van der Waals surface area (Å²) >= 11 is 0. The Morgan fingerprint density at radius 1 is 0.963 bits per heavy atom. The maximum atomic E-state index is 12.0. The summed E-state index contributed by atoms with van der Waals surface area (Å²) in [6.45, 7) is 4.95. The zero-order valence-corrected chi connectivity index (χ0v) is 16.0. The first-order valence-electron chi connectivity index (χ1n) is 9.35. The van der Waals surface area contributed by atoms with Gasteiger partial charge in [0.05, 0.1) is 18.8 Å². The summed E-state index contributed by atoms with van der Waals surface area (Å²) in [4.78, 5) is 23.9. The van der Waals surface area contributed by atoms with Crippen LogP contribution in [-0.4, -0.2) is 25.1 Å². The van der Waals surface area contributed by atoms with Crippen LogP contribution in [0, 0.1) is 6.92 Å². The van der Waals surface area contributed by atoms with Crippen molar-refractivity contribution in [1.29, 1.82) is 0 Å². The van der Waals surface area contributed by atoms with Gasteiger partial charge in [-0.05, 0) is 55.7 Å². The molecular formula is C22H27NO4. The molecule has 0 radical (unpaired) electrons. The Balaban J connectivity index is 1.71. The highest BCUT2D eigenvalue weighted by atomic mass is 16.5. The van der Waals surface area contributed by atoms with E-state index >= 15 is 0 Å². The summed E-state index contributed by atoms with van der Waals surface area (Å²) in [5.41, 5.74) is 2.22. The van der Waals surface area contributed by atoms with Crippen LogP contribution in [0.1, 0.15) is 48.5 Å². The number of nitrogens with one attached hydrogen (secondary N) is 1. The van der Waals surface area contributed by atoms with Crippen molar-refractivity contribution in [3.8, 4) is 5.75 Å². The summed E-state index contributed by atoms with van der Waals surface area (Å²) in [7, 11) is 0. The largest absolute Gasteiger partial charge is 0.493 e. The lowest BCUT2D eigenvalue weighted by Crippen LogP contribution is -2.13. The molecular weight excluding hydrogens is 342 g/mol. The Hall–Kier alpha value is -2.82. The molecule has 0 atom stereocenters. The van der Waals surface area contributed by atoms with Gasteiger partial charge in [-0.15, -0.1) is 0 Å². The topological polar surface area (TPSA) is 64.6 Å². The van der Waals surface area contributed by atoms with Crippen molar-refractivity contribution in [2.45, 2.75) is 39.5 Å². The molecule has 0 bridgehead atoms. The molecule has 5 nitrogen and oxygen atoms in total. The van der Waals surface area contributed by atoms with Gasteiger partial charge >= 0.3 is 5.97 Å². The molecule has 0 heterocycles. The number of hydrogen-bond acceptors (Lipinski definition) is 4. The molecule has 2 rings (SSSR count). The molecule has 0 spiro atoms. The Kier molecular flexibility index (Phi) is 8.36. The number of hydrogen-bond donors (Lipinski definition) is 1. The van der Waals surface area contributed by atoms with Crippen molar-refractivity contribution in [3.63, 3.8) is 0 Å². The Labute approximate surface area is 160 Å². The Morgan fingerprint density at radius 3 is 2.41 bits per heavy atom. The number of esters is 1. The summed E-state index contributed by atoms with van der Waals surface area (Å²) in [6.07, 6.45) is 2.83. The number of unbranched alkanes of at least 4 members (excludes halogenated alkanes) is 1. The van der Waals surface area contributed by atoms with E-state index in [1.165, 1.54) is 0 Å². The number of ether oxygens (including phenoxy) is 2. The average Bonchev–Trinajstić information content (AvgIpc) is 2.67. The fourth-order valence-corrected chi connectivity index (χ4v) is 2.44. The Morgan fingerprint density at radius 2 is 1.70 bits per heavy atom. The molecule has 0 aliphatic carbocycles. The van der Waals surface area contributed by atoms with Crippen molar-refractivity contribution in [2.24, 2.45) is 0 Å². The predicted octanol–water partition coefficient (Wildman–Crippen LogP) is 4.75. The minimum absolute atomic E-state index is 0.0818. The van der Waals surface area contributed by atoms with E-state index in [0.29, 0.717) is 37.3 Å². The van der Waals surface area contributed by atoms with Crippen molar-refractivity contribution in [2.75, 3.05) is 18.5 Å². The quantitative estimate of drug-likeness (QED) is 0.485. The number of carbonyl (C=O) groups excluding carboxylic acids is 2. The fourth-order valence-electron chi connectivity index (χ4n) is 2.44. The van der Waals surface area contributed by atoms with E-state index < -0.39 is 0 Å². The van der Waals surface area contributed by atoms with Gasteiger partial charge in [0, 0.05) is 12.1 Å². The van der Waals surface area contributed by atoms with Gasteiger partial charge in [-0.2, -0.15) is 0 Å². The maximum Gasteiger partial charge on any atom is 0.338 e. The van der Waals surface area contributed by atoms with Gasteiger partial charge in [-0.3, -0.25) is 4.79 Å². The fraction of sp³-hybridized carbons (Fsp3) is 0.364. The third-order valence-electron chi connectivity index (χ3n) is 4.03. The molecule has 144 valence electrons. The maximum absolute atomic E-state index is 12.0. The number of anilines is 1. The van der Waals surface area contributed by atoms with E-state index in [1.54, 1.807) is 24.3 Å². The van der Waals surface area contributed by atoms with Crippen LogP contribution in [0.2, 0.25) is 0 Å². The van der Waals surface area contributed by atoms with Gasteiger partial charge in [0.15, 0.2) is 0 Å². The highest BCUT2D eigenvalue weighted by molar-refractivity contribution is 5.93. The molecule has 0 aliphatic heterocycles. The number of amides is 1. The van der Waals surface area contributed by atoms with Gasteiger partial charge in [0.25, 0.3) is 0 Å². The van der Waals surface area contributed by atoms with E-state index in [9.17, 15) is 9.59 Å². The molecule has 0 fully saturated rings. The average molecular weight is 369 g/mol. The second kappa shape index (κ2) is 11.0. The molecule has 1 N–H and O–H groups in total. The number of para-hydroxylation sites is 1. The summed E-state index contributed by atoms with van der Waals surface area (Å²) in [5.74, 6) is 0.427. The zero-order valence-electron chi connectivity index (χ0n) is 16.0. The van der Waals surface area contributed by atoms with Crippen LogP contribution >= 0.6 is 0 Å². The van der Waals surface area contributed by atoms with Gasteiger partial charge in [0.1, 0.15) is 5.75 Å².